The second-order valence-electron chi connectivity index (χ2n) is 6.98. The van der Waals surface area contributed by atoms with Crippen molar-refractivity contribution in [1.29, 1.82) is 0 Å². The summed E-state index contributed by atoms with van der Waals surface area (Å²) < 4.78 is 11.8. The minimum atomic E-state index is -0.649. The number of aryl methyl sites for hydroxylation is 2. The van der Waals surface area contributed by atoms with E-state index in [2.05, 4.69) is 15.6 Å². The maximum atomic E-state index is 12.8. The van der Waals surface area contributed by atoms with E-state index in [1.165, 1.54) is 0 Å². The van der Waals surface area contributed by atoms with Gasteiger partial charge in [-0.15, -0.1) is 0 Å². The predicted molar refractivity (Wildman–Crippen MR) is 114 cm³/mol. The molecule has 0 unspecified atom stereocenters. The summed E-state index contributed by atoms with van der Waals surface area (Å²) in [7, 11) is 0. The molecule has 0 bridgehead atoms. The first-order valence-electron chi connectivity index (χ1n) is 9.62. The number of hydrogen-bond acceptors (Lipinski definition) is 6. The number of amides is 1. The predicted octanol–water partition coefficient (Wildman–Crippen LogP) is 3.94. The van der Waals surface area contributed by atoms with Crippen LogP contribution in [0.25, 0.3) is 16.9 Å². The zero-order valence-electron chi connectivity index (χ0n) is 17.0. The Morgan fingerprint density at radius 3 is 2.48 bits per heavy atom. The molecule has 156 valence electrons. The Bertz CT molecular complexity index is 1210. The highest BCUT2D eigenvalue weighted by Crippen LogP contribution is 2.25. The Morgan fingerprint density at radius 1 is 1.06 bits per heavy atom. The SMILES string of the molecule is Cc1ccc(-c2nn(-c3ccccc3)cc2C(=O)OCC(=O)Nc2cc(C)on2)cc1. The van der Waals surface area contributed by atoms with Crippen LogP contribution >= 0.6 is 0 Å². The third kappa shape index (κ3) is 4.69. The van der Waals surface area contributed by atoms with Crippen LogP contribution in [0.1, 0.15) is 21.7 Å². The summed E-state index contributed by atoms with van der Waals surface area (Å²) in [6, 6.07) is 18.7. The highest BCUT2D eigenvalue weighted by Gasteiger charge is 2.21. The van der Waals surface area contributed by atoms with Crippen molar-refractivity contribution in [2.24, 2.45) is 0 Å². The number of anilines is 1. The zero-order valence-corrected chi connectivity index (χ0v) is 17.0. The standard InChI is InChI=1S/C23H20N4O4/c1-15-8-10-17(11-9-15)22-19(13-27(25-22)18-6-4-3-5-7-18)23(29)30-14-21(28)24-20-12-16(2)31-26-20/h3-13H,14H2,1-2H3,(H,24,26,28). The van der Waals surface area contributed by atoms with Gasteiger partial charge in [0.15, 0.2) is 12.4 Å². The van der Waals surface area contributed by atoms with E-state index in [9.17, 15) is 9.59 Å². The number of ether oxygens (including phenoxy) is 1. The number of benzene rings is 2. The number of carbonyl (C=O) groups excluding carboxylic acids is 2. The number of aromatic nitrogens is 3. The van der Waals surface area contributed by atoms with Crippen molar-refractivity contribution >= 4 is 17.7 Å². The van der Waals surface area contributed by atoms with Gasteiger partial charge < -0.3 is 14.6 Å². The van der Waals surface area contributed by atoms with E-state index in [1.807, 2.05) is 61.5 Å². The molecule has 0 spiro atoms. The van der Waals surface area contributed by atoms with Gasteiger partial charge in [-0.1, -0.05) is 53.2 Å². The van der Waals surface area contributed by atoms with Crippen molar-refractivity contribution in [2.75, 3.05) is 11.9 Å². The van der Waals surface area contributed by atoms with Crippen molar-refractivity contribution in [3.05, 3.63) is 83.7 Å². The Labute approximate surface area is 178 Å². The van der Waals surface area contributed by atoms with E-state index in [4.69, 9.17) is 9.26 Å². The van der Waals surface area contributed by atoms with Gasteiger partial charge >= 0.3 is 5.97 Å². The first kappa shape index (κ1) is 20.1. The molecule has 31 heavy (non-hydrogen) atoms. The fourth-order valence-corrected chi connectivity index (χ4v) is 2.97. The summed E-state index contributed by atoms with van der Waals surface area (Å²) in [5.74, 6) is -0.350. The highest BCUT2D eigenvalue weighted by molar-refractivity contribution is 5.98. The van der Waals surface area contributed by atoms with E-state index in [-0.39, 0.29) is 11.4 Å². The van der Waals surface area contributed by atoms with Crippen LogP contribution in [0.2, 0.25) is 0 Å². The normalized spacial score (nSPS) is 10.6. The van der Waals surface area contributed by atoms with Gasteiger partial charge in [-0.25, -0.2) is 9.48 Å². The molecule has 0 aliphatic rings. The van der Waals surface area contributed by atoms with Crippen molar-refractivity contribution in [2.45, 2.75) is 13.8 Å². The van der Waals surface area contributed by atoms with Crippen LogP contribution in [0, 0.1) is 13.8 Å². The first-order valence-corrected chi connectivity index (χ1v) is 9.62. The topological polar surface area (TPSA) is 99.2 Å². The smallest absolute Gasteiger partial charge is 0.342 e. The molecule has 2 aromatic carbocycles. The number of esters is 1. The van der Waals surface area contributed by atoms with E-state index in [0.717, 1.165) is 16.8 Å². The Hall–Kier alpha value is -4.20. The quantitative estimate of drug-likeness (QED) is 0.478. The van der Waals surface area contributed by atoms with Gasteiger partial charge in [-0.2, -0.15) is 5.10 Å². The maximum Gasteiger partial charge on any atom is 0.342 e. The van der Waals surface area contributed by atoms with Crippen molar-refractivity contribution in [3.8, 4) is 16.9 Å². The summed E-state index contributed by atoms with van der Waals surface area (Å²) in [5, 5.41) is 10.8. The van der Waals surface area contributed by atoms with Gasteiger partial charge in [0.2, 0.25) is 0 Å². The van der Waals surface area contributed by atoms with Gasteiger partial charge in [-0.3, -0.25) is 4.79 Å². The van der Waals surface area contributed by atoms with Gasteiger partial charge in [0.1, 0.15) is 17.0 Å². The largest absolute Gasteiger partial charge is 0.452 e. The number of hydrogen-bond donors (Lipinski definition) is 1. The average Bonchev–Trinajstić information content (AvgIpc) is 3.40. The molecule has 0 aliphatic carbocycles. The van der Waals surface area contributed by atoms with Crippen LogP contribution in [0.5, 0.6) is 0 Å². The summed E-state index contributed by atoms with van der Waals surface area (Å²) in [5.41, 5.74) is 3.40. The van der Waals surface area contributed by atoms with Gasteiger partial charge in [0.25, 0.3) is 5.91 Å². The van der Waals surface area contributed by atoms with Crippen molar-refractivity contribution in [1.82, 2.24) is 14.9 Å². The lowest BCUT2D eigenvalue weighted by atomic mass is 10.1. The summed E-state index contributed by atoms with van der Waals surface area (Å²) in [6.45, 7) is 3.23. The molecule has 2 heterocycles. The Balaban J connectivity index is 1.56. The van der Waals surface area contributed by atoms with E-state index in [0.29, 0.717) is 11.5 Å². The fourth-order valence-electron chi connectivity index (χ4n) is 2.97. The van der Waals surface area contributed by atoms with Crippen molar-refractivity contribution < 1.29 is 18.8 Å². The molecular weight excluding hydrogens is 396 g/mol. The summed E-state index contributed by atoms with van der Waals surface area (Å²) in [4.78, 5) is 24.9. The maximum absolute atomic E-state index is 12.8. The molecule has 0 radical (unpaired) electrons. The molecule has 0 aliphatic heterocycles. The molecule has 1 amide bonds. The third-order valence-corrected chi connectivity index (χ3v) is 4.51. The Kier molecular flexibility index (Phi) is 5.61. The number of nitrogens with one attached hydrogen (secondary N) is 1. The van der Waals surface area contributed by atoms with Gasteiger partial charge in [0.05, 0.1) is 5.69 Å². The Morgan fingerprint density at radius 2 is 1.81 bits per heavy atom. The molecule has 0 atom stereocenters. The molecule has 0 saturated carbocycles. The van der Waals surface area contributed by atoms with Crippen LogP contribution in [-0.4, -0.2) is 33.4 Å². The molecule has 1 N–H and O–H groups in total. The summed E-state index contributed by atoms with van der Waals surface area (Å²) >= 11 is 0. The second-order valence-corrected chi connectivity index (χ2v) is 6.98. The number of carbonyl (C=O) groups is 2. The van der Waals surface area contributed by atoms with Crippen molar-refractivity contribution in [3.63, 3.8) is 0 Å². The number of para-hydroxylation sites is 1. The lowest BCUT2D eigenvalue weighted by Gasteiger charge is -2.05. The molecule has 4 rings (SSSR count). The lowest BCUT2D eigenvalue weighted by molar-refractivity contribution is -0.119. The van der Waals surface area contributed by atoms with Gasteiger partial charge in [0, 0.05) is 17.8 Å². The van der Waals surface area contributed by atoms with E-state index in [1.54, 1.807) is 23.9 Å². The average molecular weight is 416 g/mol. The van der Waals surface area contributed by atoms with Crippen LogP contribution < -0.4 is 5.32 Å². The second kappa shape index (κ2) is 8.66. The molecule has 2 aromatic heterocycles. The highest BCUT2D eigenvalue weighted by atomic mass is 16.5. The van der Waals surface area contributed by atoms with E-state index < -0.39 is 18.5 Å². The molecule has 0 fully saturated rings. The first-order chi connectivity index (χ1) is 15.0. The number of nitrogens with zero attached hydrogens (tertiary/aromatic N) is 3. The summed E-state index contributed by atoms with van der Waals surface area (Å²) in [6.07, 6.45) is 1.60. The van der Waals surface area contributed by atoms with Crippen LogP contribution in [0.4, 0.5) is 5.82 Å². The van der Waals surface area contributed by atoms with E-state index >= 15 is 0 Å². The van der Waals surface area contributed by atoms with Crippen LogP contribution in [-0.2, 0) is 9.53 Å². The monoisotopic (exact) mass is 416 g/mol. The number of rotatable bonds is 6. The molecule has 0 saturated heterocycles. The molecule has 8 nitrogen and oxygen atoms in total. The minimum Gasteiger partial charge on any atom is -0.452 e. The van der Waals surface area contributed by atoms with Gasteiger partial charge in [-0.05, 0) is 26.0 Å². The zero-order chi connectivity index (χ0) is 21.8. The molecule has 8 heteroatoms. The fraction of sp³-hybridized carbons (Fsp3) is 0.130. The van der Waals surface area contributed by atoms with Crippen LogP contribution in [0.3, 0.4) is 0 Å². The molecule has 4 aromatic rings. The molecular formula is C23H20N4O4. The third-order valence-electron chi connectivity index (χ3n) is 4.51. The minimum absolute atomic E-state index is 0.260. The lowest BCUT2D eigenvalue weighted by Crippen LogP contribution is -2.21. The van der Waals surface area contributed by atoms with Crippen LogP contribution in [0.15, 0.2) is 71.4 Å².